The van der Waals surface area contributed by atoms with Crippen molar-refractivity contribution in [3.63, 3.8) is 0 Å². The second kappa shape index (κ2) is 6.71. The highest BCUT2D eigenvalue weighted by Crippen LogP contribution is 2.38. The summed E-state index contributed by atoms with van der Waals surface area (Å²) in [6, 6.07) is 13.6. The minimum atomic E-state index is -0.266. The average molecular weight is 381 g/mol. The van der Waals surface area contributed by atoms with E-state index < -0.39 is 0 Å². The highest BCUT2D eigenvalue weighted by Gasteiger charge is 2.30. The molecule has 3 nitrogen and oxygen atoms in total. The molecule has 0 bridgehead atoms. The van der Waals surface area contributed by atoms with Crippen molar-refractivity contribution >= 4 is 39.4 Å². The zero-order valence-electron chi connectivity index (χ0n) is 11.6. The Morgan fingerprint density at radius 3 is 2.55 bits per heavy atom. The second-order valence-electron chi connectivity index (χ2n) is 4.91. The molecule has 1 N–H and O–H groups in total. The summed E-state index contributed by atoms with van der Waals surface area (Å²) in [6.07, 6.45) is 0. The lowest BCUT2D eigenvalue weighted by Crippen LogP contribution is -2.34. The standard InChI is InChI=1S/C16H14BrFN2OS/c17-12-3-7-14(8-4-12)19-16(21)20-9-10-22-15(20)11-1-5-13(18)6-2-11/h1-8,15H,9-10H2,(H,19,21)/t15-/m1/s1. The molecule has 22 heavy (non-hydrogen) atoms. The number of hydrogen-bond acceptors (Lipinski definition) is 2. The molecule has 6 heteroatoms. The highest BCUT2D eigenvalue weighted by atomic mass is 79.9. The van der Waals surface area contributed by atoms with Crippen LogP contribution in [0.25, 0.3) is 0 Å². The first kappa shape index (κ1) is 15.4. The van der Waals surface area contributed by atoms with Gasteiger partial charge in [-0.2, -0.15) is 0 Å². The third kappa shape index (κ3) is 3.44. The lowest BCUT2D eigenvalue weighted by Gasteiger charge is -2.24. The maximum atomic E-state index is 13.0. The van der Waals surface area contributed by atoms with Crippen LogP contribution in [0.3, 0.4) is 0 Å². The van der Waals surface area contributed by atoms with E-state index in [0.29, 0.717) is 6.54 Å². The van der Waals surface area contributed by atoms with Crippen LogP contribution in [0.2, 0.25) is 0 Å². The van der Waals surface area contributed by atoms with Crippen LogP contribution in [0.15, 0.2) is 53.0 Å². The van der Waals surface area contributed by atoms with Gasteiger partial charge >= 0.3 is 6.03 Å². The van der Waals surface area contributed by atoms with Gasteiger partial charge in [0.15, 0.2) is 0 Å². The molecule has 0 aromatic heterocycles. The summed E-state index contributed by atoms with van der Waals surface area (Å²) in [4.78, 5) is 14.2. The molecule has 1 aliphatic rings. The number of halogens is 2. The fourth-order valence-corrected chi connectivity index (χ4v) is 3.83. The van der Waals surface area contributed by atoms with Gasteiger partial charge in [0.25, 0.3) is 0 Å². The molecule has 1 aliphatic heterocycles. The van der Waals surface area contributed by atoms with E-state index in [4.69, 9.17) is 0 Å². The summed E-state index contributed by atoms with van der Waals surface area (Å²) in [5.74, 6) is 0.605. The van der Waals surface area contributed by atoms with Gasteiger partial charge in [0.05, 0.1) is 0 Å². The topological polar surface area (TPSA) is 32.3 Å². The Labute approximate surface area is 141 Å². The van der Waals surface area contributed by atoms with Crippen molar-refractivity contribution in [3.8, 4) is 0 Å². The molecule has 0 aliphatic carbocycles. The van der Waals surface area contributed by atoms with Crippen LogP contribution < -0.4 is 5.32 Å². The van der Waals surface area contributed by atoms with E-state index in [0.717, 1.165) is 21.5 Å². The number of carbonyl (C=O) groups is 1. The molecular formula is C16H14BrFN2OS. The van der Waals surface area contributed by atoms with Crippen molar-refractivity contribution in [2.24, 2.45) is 0 Å². The van der Waals surface area contributed by atoms with Crippen molar-refractivity contribution < 1.29 is 9.18 Å². The second-order valence-corrected chi connectivity index (χ2v) is 7.01. The molecule has 2 aromatic carbocycles. The number of carbonyl (C=O) groups excluding carboxylic acids is 1. The van der Waals surface area contributed by atoms with Gasteiger partial charge in [-0.15, -0.1) is 11.8 Å². The van der Waals surface area contributed by atoms with Crippen LogP contribution in [-0.2, 0) is 0 Å². The number of amides is 2. The summed E-state index contributed by atoms with van der Waals surface area (Å²) >= 11 is 5.05. The number of nitrogens with zero attached hydrogens (tertiary/aromatic N) is 1. The highest BCUT2D eigenvalue weighted by molar-refractivity contribution is 9.10. The average Bonchev–Trinajstić information content (AvgIpc) is 3.00. The molecule has 0 saturated carbocycles. The number of urea groups is 1. The lowest BCUT2D eigenvalue weighted by molar-refractivity contribution is 0.214. The fraction of sp³-hybridized carbons (Fsp3) is 0.188. The predicted molar refractivity (Wildman–Crippen MR) is 91.5 cm³/mol. The molecule has 1 fully saturated rings. The molecule has 2 aromatic rings. The summed E-state index contributed by atoms with van der Waals surface area (Å²) in [7, 11) is 0. The van der Waals surface area contributed by atoms with Gasteiger partial charge in [-0.1, -0.05) is 28.1 Å². The number of thioether (sulfide) groups is 1. The van der Waals surface area contributed by atoms with Crippen LogP contribution in [0.4, 0.5) is 14.9 Å². The molecule has 1 heterocycles. The largest absolute Gasteiger partial charge is 0.323 e. The van der Waals surface area contributed by atoms with Gasteiger partial charge in [0.2, 0.25) is 0 Å². The minimum absolute atomic E-state index is 0.0731. The zero-order chi connectivity index (χ0) is 15.5. The van der Waals surface area contributed by atoms with Gasteiger partial charge in [0.1, 0.15) is 11.2 Å². The fourth-order valence-electron chi connectivity index (χ4n) is 2.31. The van der Waals surface area contributed by atoms with Gasteiger partial charge in [-0.05, 0) is 42.0 Å². The van der Waals surface area contributed by atoms with Gasteiger partial charge in [-0.25, -0.2) is 9.18 Å². The molecule has 1 atom stereocenters. The first-order valence-corrected chi connectivity index (χ1v) is 8.68. The van der Waals surface area contributed by atoms with Crippen LogP contribution in [0, 0.1) is 5.82 Å². The molecule has 0 spiro atoms. The lowest BCUT2D eigenvalue weighted by atomic mass is 10.2. The van der Waals surface area contributed by atoms with Crippen molar-refractivity contribution in [3.05, 3.63) is 64.4 Å². The predicted octanol–water partition coefficient (Wildman–Crippen LogP) is 4.87. The summed E-state index contributed by atoms with van der Waals surface area (Å²) in [5.41, 5.74) is 1.69. The number of anilines is 1. The van der Waals surface area contributed by atoms with E-state index in [-0.39, 0.29) is 17.2 Å². The van der Waals surface area contributed by atoms with Crippen molar-refractivity contribution in [2.45, 2.75) is 5.37 Å². The number of hydrogen-bond donors (Lipinski definition) is 1. The Morgan fingerprint density at radius 1 is 1.18 bits per heavy atom. The summed E-state index contributed by atoms with van der Waals surface area (Å²) < 4.78 is 14.0. The minimum Gasteiger partial charge on any atom is -0.308 e. The summed E-state index contributed by atoms with van der Waals surface area (Å²) in [6.45, 7) is 0.676. The van der Waals surface area contributed by atoms with Gasteiger partial charge < -0.3 is 10.2 Å². The SMILES string of the molecule is O=C(Nc1ccc(Br)cc1)N1CCS[C@@H]1c1ccc(F)cc1. The Morgan fingerprint density at radius 2 is 1.86 bits per heavy atom. The third-order valence-electron chi connectivity index (χ3n) is 3.40. The van der Waals surface area contributed by atoms with Crippen molar-refractivity contribution in [1.82, 2.24) is 4.90 Å². The smallest absolute Gasteiger partial charge is 0.308 e. The first-order chi connectivity index (χ1) is 10.6. The number of benzene rings is 2. The van der Waals surface area contributed by atoms with Gasteiger partial charge in [-0.3, -0.25) is 0 Å². The number of rotatable bonds is 2. The van der Waals surface area contributed by atoms with Crippen molar-refractivity contribution in [1.29, 1.82) is 0 Å². The zero-order valence-corrected chi connectivity index (χ0v) is 14.0. The maximum absolute atomic E-state index is 13.0. The monoisotopic (exact) mass is 380 g/mol. The normalized spacial score (nSPS) is 17.5. The van der Waals surface area contributed by atoms with E-state index in [2.05, 4.69) is 21.2 Å². The number of nitrogens with one attached hydrogen (secondary N) is 1. The molecule has 114 valence electrons. The van der Waals surface area contributed by atoms with E-state index in [9.17, 15) is 9.18 Å². The van der Waals surface area contributed by atoms with Crippen LogP contribution in [0.1, 0.15) is 10.9 Å². The molecular weight excluding hydrogens is 367 g/mol. The Hall–Kier alpha value is -1.53. The Bertz CT molecular complexity index is 663. The van der Waals surface area contributed by atoms with Crippen molar-refractivity contribution in [2.75, 3.05) is 17.6 Å². The van der Waals surface area contributed by atoms with Crippen LogP contribution in [0.5, 0.6) is 0 Å². The molecule has 0 radical (unpaired) electrons. The van der Waals surface area contributed by atoms with E-state index >= 15 is 0 Å². The quantitative estimate of drug-likeness (QED) is 0.805. The van der Waals surface area contributed by atoms with Crippen LogP contribution >= 0.6 is 27.7 Å². The summed E-state index contributed by atoms with van der Waals surface area (Å²) in [5, 5.41) is 2.83. The maximum Gasteiger partial charge on any atom is 0.323 e. The molecule has 3 rings (SSSR count). The van der Waals surface area contributed by atoms with Crippen LogP contribution in [-0.4, -0.2) is 23.2 Å². The van der Waals surface area contributed by atoms with E-state index in [1.165, 1.54) is 12.1 Å². The van der Waals surface area contributed by atoms with E-state index in [1.807, 2.05) is 24.3 Å². The molecule has 1 saturated heterocycles. The van der Waals surface area contributed by atoms with E-state index in [1.54, 1.807) is 28.8 Å². The molecule has 2 amide bonds. The Kier molecular flexibility index (Phi) is 4.69. The molecule has 0 unspecified atom stereocenters. The van der Waals surface area contributed by atoms with Gasteiger partial charge in [0, 0.05) is 22.5 Å². The first-order valence-electron chi connectivity index (χ1n) is 6.84. The third-order valence-corrected chi connectivity index (χ3v) is 5.19. The Balaban J connectivity index is 1.73.